The van der Waals surface area contributed by atoms with Gasteiger partial charge >= 0.3 is 5.97 Å². The van der Waals surface area contributed by atoms with Crippen LogP contribution in [-0.4, -0.2) is 24.0 Å². The quantitative estimate of drug-likeness (QED) is 0.899. The monoisotopic (exact) mass is 260 g/mol. The number of hydrogen-bond acceptors (Lipinski definition) is 3. The van der Waals surface area contributed by atoms with E-state index in [2.05, 4.69) is 0 Å². The molecular formula is C14H16N2O3. The molecule has 100 valence electrons. The van der Waals surface area contributed by atoms with Gasteiger partial charge in [0.1, 0.15) is 5.92 Å². The normalized spacial score (nSPS) is 11.7. The summed E-state index contributed by atoms with van der Waals surface area (Å²) >= 11 is 0. The number of carboxylic acid groups (broad SMARTS) is 1. The molecule has 0 aromatic heterocycles. The van der Waals surface area contributed by atoms with Crippen molar-refractivity contribution in [1.82, 2.24) is 0 Å². The van der Waals surface area contributed by atoms with Gasteiger partial charge in [-0.25, -0.2) is 4.79 Å². The summed E-state index contributed by atoms with van der Waals surface area (Å²) in [5, 5.41) is 17.8. The van der Waals surface area contributed by atoms with Crippen molar-refractivity contribution in [3.63, 3.8) is 0 Å². The van der Waals surface area contributed by atoms with Gasteiger partial charge in [-0.3, -0.25) is 4.79 Å². The molecule has 0 heterocycles. The third-order valence-corrected chi connectivity index (χ3v) is 2.90. The molecule has 0 radical (unpaired) electrons. The van der Waals surface area contributed by atoms with Crippen LogP contribution in [0.3, 0.4) is 0 Å². The molecule has 0 saturated carbocycles. The van der Waals surface area contributed by atoms with Crippen LogP contribution in [0.25, 0.3) is 0 Å². The van der Waals surface area contributed by atoms with E-state index in [-0.39, 0.29) is 17.4 Å². The number of amides is 1. The lowest BCUT2D eigenvalue weighted by molar-refractivity contribution is -0.121. The Labute approximate surface area is 112 Å². The van der Waals surface area contributed by atoms with Gasteiger partial charge in [0.15, 0.2) is 0 Å². The predicted octanol–water partition coefficient (Wildman–Crippen LogP) is 2.14. The molecule has 1 aromatic carbocycles. The number of nitrogens with zero attached hydrogens (tertiary/aromatic N) is 2. The Hall–Kier alpha value is -2.35. The van der Waals surface area contributed by atoms with Crippen LogP contribution in [0.4, 0.5) is 5.69 Å². The highest BCUT2D eigenvalue weighted by Crippen LogP contribution is 2.19. The highest BCUT2D eigenvalue weighted by atomic mass is 16.4. The minimum atomic E-state index is -1.02. The molecule has 0 saturated heterocycles. The molecule has 19 heavy (non-hydrogen) atoms. The Balaban J connectivity index is 2.94. The molecule has 5 heteroatoms. The van der Waals surface area contributed by atoms with E-state index in [4.69, 9.17) is 10.4 Å². The summed E-state index contributed by atoms with van der Waals surface area (Å²) in [6.45, 7) is 3.63. The second-order valence-corrected chi connectivity index (χ2v) is 4.60. The SMILES string of the molecule is CC(C)C(C#N)C(=O)N(C)c1ccc(C(=O)O)cc1. The van der Waals surface area contributed by atoms with Gasteiger partial charge in [-0.1, -0.05) is 13.8 Å². The van der Waals surface area contributed by atoms with Crippen molar-refractivity contribution in [2.75, 3.05) is 11.9 Å². The molecular weight excluding hydrogens is 244 g/mol. The number of carboxylic acids is 1. The van der Waals surface area contributed by atoms with Crippen LogP contribution < -0.4 is 4.90 Å². The van der Waals surface area contributed by atoms with Crippen LogP contribution in [0.2, 0.25) is 0 Å². The van der Waals surface area contributed by atoms with E-state index in [0.717, 1.165) is 0 Å². The molecule has 1 aromatic rings. The van der Waals surface area contributed by atoms with Gasteiger partial charge in [0, 0.05) is 12.7 Å². The van der Waals surface area contributed by atoms with Crippen molar-refractivity contribution in [3.8, 4) is 6.07 Å². The van der Waals surface area contributed by atoms with Gasteiger partial charge in [0.05, 0.1) is 11.6 Å². The van der Waals surface area contributed by atoms with Crippen LogP contribution >= 0.6 is 0 Å². The van der Waals surface area contributed by atoms with E-state index in [0.29, 0.717) is 5.69 Å². The largest absolute Gasteiger partial charge is 0.478 e. The zero-order valence-corrected chi connectivity index (χ0v) is 11.1. The highest BCUT2D eigenvalue weighted by Gasteiger charge is 2.25. The zero-order chi connectivity index (χ0) is 14.6. The van der Waals surface area contributed by atoms with E-state index in [1.807, 2.05) is 19.9 Å². The molecule has 0 aliphatic heterocycles. The fourth-order valence-corrected chi connectivity index (χ4v) is 1.65. The van der Waals surface area contributed by atoms with Gasteiger partial charge in [-0.05, 0) is 30.2 Å². The summed E-state index contributed by atoms with van der Waals surface area (Å²) < 4.78 is 0. The molecule has 0 bridgehead atoms. The summed E-state index contributed by atoms with van der Waals surface area (Å²) in [5.74, 6) is -2.08. The molecule has 0 aliphatic carbocycles. The maximum Gasteiger partial charge on any atom is 0.335 e. The summed E-state index contributed by atoms with van der Waals surface area (Å²) in [6.07, 6.45) is 0. The molecule has 5 nitrogen and oxygen atoms in total. The Morgan fingerprint density at radius 2 is 1.79 bits per heavy atom. The number of rotatable bonds is 4. The standard InChI is InChI=1S/C14H16N2O3/c1-9(2)12(8-15)13(17)16(3)11-6-4-10(5-7-11)14(18)19/h4-7,9,12H,1-3H3,(H,18,19). The molecule has 1 N–H and O–H groups in total. The summed E-state index contributed by atoms with van der Waals surface area (Å²) in [5.41, 5.74) is 0.723. The van der Waals surface area contributed by atoms with Crippen LogP contribution in [0.15, 0.2) is 24.3 Å². The molecule has 1 amide bonds. The molecule has 1 rings (SSSR count). The first-order chi connectivity index (χ1) is 8.88. The van der Waals surface area contributed by atoms with Crippen LogP contribution in [0, 0.1) is 23.2 Å². The average molecular weight is 260 g/mol. The van der Waals surface area contributed by atoms with E-state index in [1.165, 1.54) is 17.0 Å². The number of carbonyl (C=O) groups excluding carboxylic acids is 1. The number of anilines is 1. The number of benzene rings is 1. The van der Waals surface area contributed by atoms with Crippen molar-refractivity contribution < 1.29 is 14.7 Å². The van der Waals surface area contributed by atoms with Gasteiger partial charge in [0.25, 0.3) is 0 Å². The van der Waals surface area contributed by atoms with Gasteiger partial charge in [0.2, 0.25) is 5.91 Å². The molecule has 0 aliphatic rings. The topological polar surface area (TPSA) is 81.4 Å². The van der Waals surface area contributed by atoms with Crippen molar-refractivity contribution in [1.29, 1.82) is 5.26 Å². The zero-order valence-electron chi connectivity index (χ0n) is 11.1. The summed E-state index contributed by atoms with van der Waals surface area (Å²) in [7, 11) is 1.57. The smallest absolute Gasteiger partial charge is 0.335 e. The predicted molar refractivity (Wildman–Crippen MR) is 70.8 cm³/mol. The number of hydrogen-bond donors (Lipinski definition) is 1. The van der Waals surface area contributed by atoms with Crippen LogP contribution in [0.1, 0.15) is 24.2 Å². The fourth-order valence-electron chi connectivity index (χ4n) is 1.65. The molecule has 1 unspecified atom stereocenters. The van der Waals surface area contributed by atoms with Crippen molar-refractivity contribution in [2.24, 2.45) is 11.8 Å². The third-order valence-electron chi connectivity index (χ3n) is 2.90. The fraction of sp³-hybridized carbons (Fsp3) is 0.357. The van der Waals surface area contributed by atoms with Crippen LogP contribution in [0.5, 0.6) is 0 Å². The van der Waals surface area contributed by atoms with Crippen molar-refractivity contribution in [3.05, 3.63) is 29.8 Å². The minimum absolute atomic E-state index is 0.0711. The first-order valence-corrected chi connectivity index (χ1v) is 5.89. The van der Waals surface area contributed by atoms with Gasteiger partial charge in [-0.15, -0.1) is 0 Å². The minimum Gasteiger partial charge on any atom is -0.478 e. The lowest BCUT2D eigenvalue weighted by atomic mass is 9.96. The maximum atomic E-state index is 12.1. The van der Waals surface area contributed by atoms with Crippen LogP contribution in [-0.2, 0) is 4.79 Å². The summed E-state index contributed by atoms with van der Waals surface area (Å²) in [4.78, 5) is 24.2. The van der Waals surface area contributed by atoms with E-state index in [9.17, 15) is 9.59 Å². The molecule has 0 fully saturated rings. The summed E-state index contributed by atoms with van der Waals surface area (Å²) in [6, 6.07) is 7.96. The molecule has 1 atom stereocenters. The highest BCUT2D eigenvalue weighted by molar-refractivity contribution is 5.96. The van der Waals surface area contributed by atoms with Crippen molar-refractivity contribution in [2.45, 2.75) is 13.8 Å². The molecule has 0 spiro atoms. The van der Waals surface area contributed by atoms with Gasteiger partial charge in [-0.2, -0.15) is 5.26 Å². The van der Waals surface area contributed by atoms with E-state index in [1.54, 1.807) is 19.2 Å². The Morgan fingerprint density at radius 1 is 1.26 bits per heavy atom. The number of carbonyl (C=O) groups is 2. The van der Waals surface area contributed by atoms with Crippen molar-refractivity contribution >= 4 is 17.6 Å². The first-order valence-electron chi connectivity index (χ1n) is 5.89. The third kappa shape index (κ3) is 3.32. The lowest BCUT2D eigenvalue weighted by Crippen LogP contribution is -2.34. The maximum absolute atomic E-state index is 12.1. The Kier molecular flexibility index (Phi) is 4.65. The Morgan fingerprint density at radius 3 is 2.16 bits per heavy atom. The number of aromatic carboxylic acids is 1. The first kappa shape index (κ1) is 14.7. The van der Waals surface area contributed by atoms with E-state index < -0.39 is 11.9 Å². The average Bonchev–Trinajstić information content (AvgIpc) is 2.38. The lowest BCUT2D eigenvalue weighted by Gasteiger charge is -2.22. The number of nitriles is 1. The second-order valence-electron chi connectivity index (χ2n) is 4.60. The second kappa shape index (κ2) is 6.01. The Bertz CT molecular complexity index is 514. The van der Waals surface area contributed by atoms with E-state index >= 15 is 0 Å². The van der Waals surface area contributed by atoms with Gasteiger partial charge < -0.3 is 10.0 Å².